The molecular formula is C16H27N3O2. The number of carbonyl (C=O) groups excluding carboxylic acids is 1. The lowest BCUT2D eigenvalue weighted by atomic mass is 9.96. The smallest absolute Gasteiger partial charge is 0.325 e. The van der Waals surface area contributed by atoms with Crippen molar-refractivity contribution < 1.29 is 9.53 Å². The van der Waals surface area contributed by atoms with Gasteiger partial charge in [0.15, 0.2) is 0 Å². The minimum absolute atomic E-state index is 0.342. The van der Waals surface area contributed by atoms with E-state index in [1.165, 1.54) is 7.11 Å². The van der Waals surface area contributed by atoms with E-state index in [9.17, 15) is 4.79 Å². The number of hydrogen-bond donors (Lipinski definition) is 1. The number of esters is 1. The van der Waals surface area contributed by atoms with Crippen LogP contribution in [0.25, 0.3) is 0 Å². The Hall–Kier alpha value is -1.46. The molecule has 0 fully saturated rings. The van der Waals surface area contributed by atoms with Crippen LogP contribution in [0.15, 0.2) is 24.4 Å². The Morgan fingerprint density at radius 1 is 1.38 bits per heavy atom. The molecule has 0 spiro atoms. The maximum Gasteiger partial charge on any atom is 0.325 e. The molecule has 0 aromatic carbocycles. The molecule has 0 aliphatic heterocycles. The van der Waals surface area contributed by atoms with Crippen LogP contribution in [-0.4, -0.2) is 48.6 Å². The van der Waals surface area contributed by atoms with Crippen molar-refractivity contribution in [2.45, 2.75) is 38.1 Å². The molecule has 1 aromatic rings. The van der Waals surface area contributed by atoms with Gasteiger partial charge in [0.1, 0.15) is 5.54 Å². The van der Waals surface area contributed by atoms with Crippen molar-refractivity contribution in [1.29, 1.82) is 0 Å². The first-order valence-corrected chi connectivity index (χ1v) is 7.41. The fourth-order valence-corrected chi connectivity index (χ4v) is 2.17. The molecule has 5 heteroatoms. The van der Waals surface area contributed by atoms with Gasteiger partial charge in [-0.3, -0.25) is 9.78 Å². The molecule has 1 unspecified atom stereocenters. The van der Waals surface area contributed by atoms with Gasteiger partial charge in [0, 0.05) is 24.9 Å². The van der Waals surface area contributed by atoms with Gasteiger partial charge < -0.3 is 15.4 Å². The third kappa shape index (κ3) is 6.69. The number of likely N-dealkylation sites (N-methyl/N-ethyl adjacent to an activating group) is 1. The summed E-state index contributed by atoms with van der Waals surface area (Å²) in [5.74, 6) is -0.342. The molecule has 1 aromatic heterocycles. The summed E-state index contributed by atoms with van der Waals surface area (Å²) >= 11 is 0. The largest absolute Gasteiger partial charge is 0.468 e. The number of hydrogen-bond acceptors (Lipinski definition) is 5. The van der Waals surface area contributed by atoms with E-state index >= 15 is 0 Å². The topological polar surface area (TPSA) is 68.5 Å². The van der Waals surface area contributed by atoms with Gasteiger partial charge in [-0.25, -0.2) is 0 Å². The van der Waals surface area contributed by atoms with Gasteiger partial charge in [-0.2, -0.15) is 0 Å². The first kappa shape index (κ1) is 17.6. The molecule has 1 heterocycles. The molecule has 0 saturated heterocycles. The lowest BCUT2D eigenvalue weighted by Crippen LogP contribution is -2.45. The Morgan fingerprint density at radius 3 is 2.76 bits per heavy atom. The van der Waals surface area contributed by atoms with Gasteiger partial charge in [-0.1, -0.05) is 6.07 Å². The summed E-state index contributed by atoms with van der Waals surface area (Å²) in [5.41, 5.74) is 6.17. The molecular weight excluding hydrogens is 266 g/mol. The monoisotopic (exact) mass is 293 g/mol. The lowest BCUT2D eigenvalue weighted by molar-refractivity contribution is -0.146. The minimum Gasteiger partial charge on any atom is -0.468 e. The molecule has 1 rings (SSSR count). The first-order chi connectivity index (χ1) is 9.95. The minimum atomic E-state index is -0.874. The van der Waals surface area contributed by atoms with E-state index < -0.39 is 5.54 Å². The summed E-state index contributed by atoms with van der Waals surface area (Å²) in [6, 6.07) is 5.99. The summed E-state index contributed by atoms with van der Waals surface area (Å²) in [4.78, 5) is 18.0. The molecule has 0 amide bonds. The second-order valence-corrected chi connectivity index (χ2v) is 5.74. The Labute approximate surface area is 127 Å². The number of ether oxygens (including phenoxy) is 1. The number of unbranched alkanes of at least 4 members (excludes halogenated alkanes) is 1. The predicted molar refractivity (Wildman–Crippen MR) is 83.9 cm³/mol. The highest BCUT2D eigenvalue weighted by molar-refractivity contribution is 5.79. The highest BCUT2D eigenvalue weighted by Crippen LogP contribution is 2.12. The Balaban J connectivity index is 2.16. The molecule has 2 N–H and O–H groups in total. The van der Waals surface area contributed by atoms with Crippen LogP contribution in [-0.2, 0) is 16.0 Å². The van der Waals surface area contributed by atoms with Crippen LogP contribution in [0.4, 0.5) is 0 Å². The molecule has 5 nitrogen and oxygen atoms in total. The molecule has 21 heavy (non-hydrogen) atoms. The van der Waals surface area contributed by atoms with Crippen LogP contribution >= 0.6 is 0 Å². The van der Waals surface area contributed by atoms with E-state index in [0.717, 1.165) is 38.0 Å². The van der Waals surface area contributed by atoms with Crippen LogP contribution < -0.4 is 5.73 Å². The Bertz CT molecular complexity index is 421. The molecule has 118 valence electrons. The molecule has 0 radical (unpaired) electrons. The number of rotatable bonds is 9. The van der Waals surface area contributed by atoms with E-state index in [4.69, 9.17) is 10.5 Å². The summed E-state index contributed by atoms with van der Waals surface area (Å²) < 4.78 is 4.70. The van der Waals surface area contributed by atoms with Crippen molar-refractivity contribution in [2.75, 3.05) is 27.2 Å². The molecule has 0 aliphatic rings. The van der Waals surface area contributed by atoms with Crippen molar-refractivity contribution in [1.82, 2.24) is 9.88 Å². The third-order valence-corrected chi connectivity index (χ3v) is 3.61. The highest BCUT2D eigenvalue weighted by atomic mass is 16.5. The molecule has 0 saturated carbocycles. The summed E-state index contributed by atoms with van der Waals surface area (Å²) in [6.07, 6.45) is 5.35. The Morgan fingerprint density at radius 2 is 2.14 bits per heavy atom. The average molecular weight is 293 g/mol. The van der Waals surface area contributed by atoms with Crippen LogP contribution in [0.1, 0.15) is 31.9 Å². The number of methoxy groups -OCH3 is 1. The van der Waals surface area contributed by atoms with E-state index in [0.29, 0.717) is 6.42 Å². The summed E-state index contributed by atoms with van der Waals surface area (Å²) in [5, 5.41) is 0. The summed E-state index contributed by atoms with van der Waals surface area (Å²) in [6.45, 7) is 3.70. The van der Waals surface area contributed by atoms with Crippen LogP contribution in [0.5, 0.6) is 0 Å². The number of nitrogens with two attached hydrogens (primary N) is 1. The first-order valence-electron chi connectivity index (χ1n) is 7.41. The van der Waals surface area contributed by atoms with E-state index in [-0.39, 0.29) is 5.97 Å². The van der Waals surface area contributed by atoms with Crippen molar-refractivity contribution in [3.8, 4) is 0 Å². The standard InChI is InChI=1S/C16H27N3O2/c1-16(17,15(20)21-3)10-5-7-12-19(2)13-9-14-8-4-6-11-18-14/h4,6,8,11H,5,7,9-10,12-13,17H2,1-3H3. The lowest BCUT2D eigenvalue weighted by Gasteiger charge is -2.22. The van der Waals surface area contributed by atoms with Crippen LogP contribution in [0.2, 0.25) is 0 Å². The SMILES string of the molecule is COC(=O)C(C)(N)CCCCN(C)CCc1ccccn1. The number of carbonyl (C=O) groups is 1. The zero-order chi connectivity index (χ0) is 15.7. The van der Waals surface area contributed by atoms with Gasteiger partial charge in [-0.15, -0.1) is 0 Å². The normalized spacial score (nSPS) is 14.0. The van der Waals surface area contributed by atoms with E-state index in [2.05, 4.69) is 16.9 Å². The fraction of sp³-hybridized carbons (Fsp3) is 0.625. The second-order valence-electron chi connectivity index (χ2n) is 5.74. The summed E-state index contributed by atoms with van der Waals surface area (Å²) in [7, 11) is 3.48. The molecule has 0 aliphatic carbocycles. The Kier molecular flexibility index (Phi) is 7.32. The van der Waals surface area contributed by atoms with Gasteiger partial charge in [0.2, 0.25) is 0 Å². The van der Waals surface area contributed by atoms with Crippen molar-refractivity contribution in [3.63, 3.8) is 0 Å². The van der Waals surface area contributed by atoms with Gasteiger partial charge in [0.25, 0.3) is 0 Å². The molecule has 1 atom stereocenters. The van der Waals surface area contributed by atoms with Crippen LogP contribution in [0.3, 0.4) is 0 Å². The maximum absolute atomic E-state index is 11.5. The van der Waals surface area contributed by atoms with Crippen molar-refractivity contribution >= 4 is 5.97 Å². The predicted octanol–water partition coefficient (Wildman–Crippen LogP) is 1.62. The van der Waals surface area contributed by atoms with E-state index in [1.807, 2.05) is 24.4 Å². The highest BCUT2D eigenvalue weighted by Gasteiger charge is 2.28. The number of pyridine rings is 1. The van der Waals surface area contributed by atoms with Crippen molar-refractivity contribution in [3.05, 3.63) is 30.1 Å². The quantitative estimate of drug-likeness (QED) is 0.553. The average Bonchev–Trinajstić information content (AvgIpc) is 2.49. The zero-order valence-corrected chi connectivity index (χ0v) is 13.3. The maximum atomic E-state index is 11.5. The van der Waals surface area contributed by atoms with E-state index in [1.54, 1.807) is 6.92 Å². The third-order valence-electron chi connectivity index (χ3n) is 3.61. The second kappa shape index (κ2) is 8.74. The molecule has 0 bridgehead atoms. The number of nitrogens with zero attached hydrogens (tertiary/aromatic N) is 2. The fourth-order valence-electron chi connectivity index (χ4n) is 2.17. The zero-order valence-electron chi connectivity index (χ0n) is 13.3. The number of aromatic nitrogens is 1. The van der Waals surface area contributed by atoms with Crippen LogP contribution in [0, 0.1) is 0 Å². The van der Waals surface area contributed by atoms with Crippen molar-refractivity contribution in [2.24, 2.45) is 5.73 Å². The van der Waals surface area contributed by atoms with Gasteiger partial charge in [0.05, 0.1) is 7.11 Å². The van der Waals surface area contributed by atoms with Gasteiger partial charge >= 0.3 is 5.97 Å². The van der Waals surface area contributed by atoms with Gasteiger partial charge in [-0.05, 0) is 51.9 Å².